The lowest BCUT2D eigenvalue weighted by Crippen LogP contribution is -2.35. The largest absolute Gasteiger partial charge is 0.302 e. The van der Waals surface area contributed by atoms with Crippen molar-refractivity contribution in [1.82, 2.24) is 9.91 Å². The molecule has 5 nitrogen and oxygen atoms in total. The van der Waals surface area contributed by atoms with Gasteiger partial charge in [-0.1, -0.05) is 13.8 Å². The van der Waals surface area contributed by atoms with Crippen LogP contribution in [0.5, 0.6) is 0 Å². The average molecular weight is 175 g/mol. The Hall–Kier alpha value is -0.840. The summed E-state index contributed by atoms with van der Waals surface area (Å²) in [4.78, 5) is 12.4. The molecule has 0 aromatic carbocycles. The van der Waals surface area contributed by atoms with E-state index in [1.165, 1.54) is 7.05 Å². The first kappa shape index (κ1) is 11.2. The SMILES string of the molecule is CCN(CC)CCN(C)[N+](=O)[O-]. The molecule has 5 heteroatoms. The fourth-order valence-corrected chi connectivity index (χ4v) is 0.908. The first-order valence-electron chi connectivity index (χ1n) is 4.19. The van der Waals surface area contributed by atoms with E-state index in [2.05, 4.69) is 18.7 Å². The summed E-state index contributed by atoms with van der Waals surface area (Å²) in [5.74, 6) is 0. The number of hydrazine groups is 1. The Kier molecular flexibility index (Phi) is 5.36. The molecule has 0 bridgehead atoms. The smallest absolute Gasteiger partial charge is 0.159 e. The number of nitro groups is 1. The Bertz CT molecular complexity index is 137. The van der Waals surface area contributed by atoms with E-state index in [1.807, 2.05) is 0 Å². The molecule has 0 rings (SSSR count). The summed E-state index contributed by atoms with van der Waals surface area (Å²) in [6.45, 7) is 7.23. The quantitative estimate of drug-likeness (QED) is 0.434. The molecule has 0 heterocycles. The van der Waals surface area contributed by atoms with Crippen LogP contribution in [0.2, 0.25) is 0 Å². The highest BCUT2D eigenvalue weighted by molar-refractivity contribution is 4.52. The normalized spacial score (nSPS) is 10.3. The van der Waals surface area contributed by atoms with Crippen LogP contribution in [0.25, 0.3) is 0 Å². The lowest BCUT2D eigenvalue weighted by molar-refractivity contribution is -0.648. The summed E-state index contributed by atoms with van der Waals surface area (Å²) in [6.07, 6.45) is 0. The Morgan fingerprint density at radius 2 is 1.75 bits per heavy atom. The second-order valence-electron chi connectivity index (χ2n) is 2.65. The van der Waals surface area contributed by atoms with Crippen LogP contribution in [0.15, 0.2) is 0 Å². The number of likely N-dealkylation sites (N-methyl/N-ethyl adjacent to an activating group) is 2. The Morgan fingerprint density at radius 3 is 2.08 bits per heavy atom. The topological polar surface area (TPSA) is 49.6 Å². The maximum atomic E-state index is 10.2. The van der Waals surface area contributed by atoms with Crippen LogP contribution in [0, 0.1) is 10.1 Å². The first-order chi connectivity index (χ1) is 5.61. The van der Waals surface area contributed by atoms with E-state index in [9.17, 15) is 10.1 Å². The van der Waals surface area contributed by atoms with Crippen LogP contribution in [0.3, 0.4) is 0 Å². The molecular formula is C7H17N3O2. The summed E-state index contributed by atoms with van der Waals surface area (Å²) in [5.41, 5.74) is 0. The molecule has 0 saturated heterocycles. The van der Waals surface area contributed by atoms with Crippen LogP contribution in [0.1, 0.15) is 13.8 Å². The van der Waals surface area contributed by atoms with Gasteiger partial charge < -0.3 is 4.90 Å². The van der Waals surface area contributed by atoms with Gasteiger partial charge in [-0.2, -0.15) is 0 Å². The van der Waals surface area contributed by atoms with Gasteiger partial charge in [-0.3, -0.25) is 0 Å². The average Bonchev–Trinajstić information content (AvgIpc) is 2.05. The molecule has 0 atom stereocenters. The molecule has 0 aromatic heterocycles. The number of rotatable bonds is 6. The van der Waals surface area contributed by atoms with Crippen LogP contribution >= 0.6 is 0 Å². The zero-order valence-corrected chi connectivity index (χ0v) is 7.99. The highest BCUT2D eigenvalue weighted by atomic mass is 16.7. The minimum Gasteiger partial charge on any atom is -0.302 e. The minimum atomic E-state index is -0.385. The summed E-state index contributed by atoms with van der Waals surface area (Å²) in [7, 11) is 1.49. The third kappa shape index (κ3) is 4.12. The lowest BCUT2D eigenvalue weighted by Gasteiger charge is -2.18. The maximum absolute atomic E-state index is 10.2. The fraction of sp³-hybridized carbons (Fsp3) is 1.00. The van der Waals surface area contributed by atoms with Crippen molar-refractivity contribution in [2.24, 2.45) is 0 Å². The van der Waals surface area contributed by atoms with E-state index in [0.29, 0.717) is 6.54 Å². The zero-order chi connectivity index (χ0) is 9.56. The van der Waals surface area contributed by atoms with E-state index < -0.39 is 0 Å². The highest BCUT2D eigenvalue weighted by Crippen LogP contribution is 1.88. The van der Waals surface area contributed by atoms with Gasteiger partial charge in [-0.25, -0.2) is 10.1 Å². The van der Waals surface area contributed by atoms with Gasteiger partial charge in [0, 0.05) is 6.54 Å². The summed E-state index contributed by atoms with van der Waals surface area (Å²) >= 11 is 0. The van der Waals surface area contributed by atoms with E-state index in [1.54, 1.807) is 0 Å². The van der Waals surface area contributed by atoms with Gasteiger partial charge >= 0.3 is 0 Å². The number of hydrogen-bond donors (Lipinski definition) is 0. The van der Waals surface area contributed by atoms with Crippen LogP contribution < -0.4 is 0 Å². The predicted octanol–water partition coefficient (Wildman–Crippen LogP) is 0.452. The molecule has 0 aliphatic heterocycles. The Balaban J connectivity index is 3.58. The van der Waals surface area contributed by atoms with Gasteiger partial charge in [0.2, 0.25) is 0 Å². The third-order valence-corrected chi connectivity index (χ3v) is 1.91. The lowest BCUT2D eigenvalue weighted by atomic mass is 10.4. The van der Waals surface area contributed by atoms with Crippen molar-refractivity contribution >= 4 is 0 Å². The summed E-state index contributed by atoms with van der Waals surface area (Å²) in [6, 6.07) is 0. The molecule has 0 N–H and O–H groups in total. The van der Waals surface area contributed by atoms with Gasteiger partial charge in [0.25, 0.3) is 0 Å². The monoisotopic (exact) mass is 175 g/mol. The molecular weight excluding hydrogens is 158 g/mol. The predicted molar refractivity (Wildman–Crippen MR) is 47.4 cm³/mol. The van der Waals surface area contributed by atoms with Gasteiger partial charge in [-0.15, -0.1) is 5.01 Å². The summed E-state index contributed by atoms with van der Waals surface area (Å²) in [5, 5.41) is 10.9. The fourth-order valence-electron chi connectivity index (χ4n) is 0.908. The minimum absolute atomic E-state index is 0.385. The van der Waals surface area contributed by atoms with E-state index in [0.717, 1.165) is 24.6 Å². The first-order valence-corrected chi connectivity index (χ1v) is 4.19. The second-order valence-corrected chi connectivity index (χ2v) is 2.65. The van der Waals surface area contributed by atoms with Crippen LogP contribution in [-0.2, 0) is 0 Å². The molecule has 72 valence electrons. The van der Waals surface area contributed by atoms with Gasteiger partial charge in [0.05, 0.1) is 13.6 Å². The van der Waals surface area contributed by atoms with E-state index in [4.69, 9.17) is 0 Å². The van der Waals surface area contributed by atoms with E-state index >= 15 is 0 Å². The maximum Gasteiger partial charge on any atom is 0.159 e. The summed E-state index contributed by atoms with van der Waals surface area (Å²) < 4.78 is 0. The van der Waals surface area contributed by atoms with Crippen molar-refractivity contribution in [3.8, 4) is 0 Å². The van der Waals surface area contributed by atoms with Crippen molar-refractivity contribution < 1.29 is 5.03 Å². The Labute approximate surface area is 73.1 Å². The molecule has 0 radical (unpaired) electrons. The van der Waals surface area contributed by atoms with Gasteiger partial charge in [0.15, 0.2) is 5.03 Å². The molecule has 0 aliphatic rings. The number of nitrogens with zero attached hydrogens (tertiary/aromatic N) is 3. The molecule has 0 amide bonds. The van der Waals surface area contributed by atoms with Crippen molar-refractivity contribution in [2.75, 3.05) is 33.2 Å². The second kappa shape index (κ2) is 5.77. The molecule has 0 fully saturated rings. The molecule has 12 heavy (non-hydrogen) atoms. The van der Waals surface area contributed by atoms with Gasteiger partial charge in [0.1, 0.15) is 0 Å². The third-order valence-electron chi connectivity index (χ3n) is 1.91. The van der Waals surface area contributed by atoms with Crippen molar-refractivity contribution in [3.05, 3.63) is 10.1 Å². The molecule has 0 spiro atoms. The molecule has 0 unspecified atom stereocenters. The molecule has 0 aliphatic carbocycles. The standard InChI is InChI=1S/C7H17N3O2/c1-4-9(5-2)7-6-8(3)10(11)12/h4-7H2,1-3H3. The zero-order valence-electron chi connectivity index (χ0n) is 7.99. The Morgan fingerprint density at radius 1 is 1.25 bits per heavy atom. The van der Waals surface area contributed by atoms with Crippen molar-refractivity contribution in [3.63, 3.8) is 0 Å². The van der Waals surface area contributed by atoms with Crippen LogP contribution in [-0.4, -0.2) is 48.2 Å². The molecule has 0 aromatic rings. The number of hydrogen-bond acceptors (Lipinski definition) is 3. The van der Waals surface area contributed by atoms with E-state index in [-0.39, 0.29) is 5.03 Å². The van der Waals surface area contributed by atoms with Crippen molar-refractivity contribution in [1.29, 1.82) is 0 Å². The van der Waals surface area contributed by atoms with Crippen LogP contribution in [0.4, 0.5) is 0 Å². The van der Waals surface area contributed by atoms with Crippen molar-refractivity contribution in [2.45, 2.75) is 13.8 Å². The molecule has 0 saturated carbocycles. The van der Waals surface area contributed by atoms with Gasteiger partial charge in [-0.05, 0) is 13.1 Å². The highest BCUT2D eigenvalue weighted by Gasteiger charge is 2.07.